The molecule has 4 rings (SSSR count). The van der Waals surface area contributed by atoms with Crippen molar-refractivity contribution in [1.29, 1.82) is 0 Å². The summed E-state index contributed by atoms with van der Waals surface area (Å²) in [6, 6.07) is 8.03. The molecule has 0 amide bonds. The molecular formula is C20H13F6N5. The molecule has 2 aromatic heterocycles. The summed E-state index contributed by atoms with van der Waals surface area (Å²) in [5.74, 6) is -7.63. The van der Waals surface area contributed by atoms with Crippen LogP contribution in [0.3, 0.4) is 0 Å². The Morgan fingerprint density at radius 1 is 0.968 bits per heavy atom. The van der Waals surface area contributed by atoms with Crippen LogP contribution in [0.25, 0.3) is 10.9 Å². The Kier molecular flexibility index (Phi) is 5.34. The molecule has 1 unspecified atom stereocenters. The van der Waals surface area contributed by atoms with Crippen LogP contribution in [0.4, 0.5) is 26.3 Å². The predicted octanol–water partition coefficient (Wildman–Crippen LogP) is 5.01. The van der Waals surface area contributed by atoms with Crippen molar-refractivity contribution in [3.63, 3.8) is 0 Å². The lowest BCUT2D eigenvalue weighted by atomic mass is 9.89. The van der Waals surface area contributed by atoms with Crippen molar-refractivity contribution in [3.8, 4) is 0 Å². The zero-order chi connectivity index (χ0) is 22.2. The fourth-order valence-corrected chi connectivity index (χ4v) is 3.29. The number of hydrogen-bond donors (Lipinski definition) is 0. The van der Waals surface area contributed by atoms with Crippen LogP contribution in [0.15, 0.2) is 54.9 Å². The zero-order valence-electron chi connectivity index (χ0n) is 15.6. The first-order valence-electron chi connectivity index (χ1n) is 8.98. The molecule has 0 radical (unpaired) electrons. The fourth-order valence-electron chi connectivity index (χ4n) is 3.29. The minimum Gasteiger partial charge on any atom is -0.246 e. The molecule has 160 valence electrons. The standard InChI is InChI=1S/C20H13F6N5/c21-13-3-4-14(16(22)8-13)15(9-31-10-27-29-30-31)20(25,26)18-6-2-11-7-12(19(23)24)1-5-17(11)28-18/h1-8,10,15,19H,9H2. The van der Waals surface area contributed by atoms with Crippen LogP contribution in [-0.4, -0.2) is 25.2 Å². The summed E-state index contributed by atoms with van der Waals surface area (Å²) in [4.78, 5) is 3.92. The molecule has 0 aliphatic heterocycles. The summed E-state index contributed by atoms with van der Waals surface area (Å²) in [6.45, 7) is -0.521. The number of hydrogen-bond acceptors (Lipinski definition) is 4. The molecule has 0 saturated heterocycles. The maximum absolute atomic E-state index is 15.6. The van der Waals surface area contributed by atoms with E-state index in [0.29, 0.717) is 6.07 Å². The maximum atomic E-state index is 15.6. The lowest BCUT2D eigenvalue weighted by Gasteiger charge is -2.27. The third kappa shape index (κ3) is 4.07. The number of halogens is 6. The average Bonchev–Trinajstić information content (AvgIpc) is 3.25. The summed E-state index contributed by atoms with van der Waals surface area (Å²) in [6.07, 6.45) is -1.63. The Morgan fingerprint density at radius 3 is 2.45 bits per heavy atom. The third-order valence-electron chi connectivity index (χ3n) is 4.84. The Bertz CT molecular complexity index is 1210. The maximum Gasteiger partial charge on any atom is 0.298 e. The molecule has 0 aliphatic carbocycles. The molecule has 0 saturated carbocycles. The first-order chi connectivity index (χ1) is 14.8. The van der Waals surface area contributed by atoms with Crippen molar-refractivity contribution in [2.24, 2.45) is 0 Å². The third-order valence-corrected chi connectivity index (χ3v) is 4.84. The van der Waals surface area contributed by atoms with E-state index in [4.69, 9.17) is 0 Å². The van der Waals surface area contributed by atoms with E-state index in [9.17, 15) is 17.6 Å². The molecular weight excluding hydrogens is 424 g/mol. The average molecular weight is 437 g/mol. The molecule has 0 aliphatic rings. The highest BCUT2D eigenvalue weighted by molar-refractivity contribution is 5.79. The number of alkyl halides is 4. The van der Waals surface area contributed by atoms with Gasteiger partial charge in [-0.05, 0) is 40.3 Å². The number of pyridine rings is 1. The van der Waals surface area contributed by atoms with Gasteiger partial charge in [0.05, 0.1) is 18.0 Å². The SMILES string of the molecule is Fc1ccc(C(Cn2cnnn2)C(F)(F)c2ccc3cc(C(F)F)ccc3n2)c(F)c1. The molecule has 31 heavy (non-hydrogen) atoms. The summed E-state index contributed by atoms with van der Waals surface area (Å²) >= 11 is 0. The quantitative estimate of drug-likeness (QED) is 0.398. The Labute approximate surface area is 171 Å². The van der Waals surface area contributed by atoms with Crippen molar-refractivity contribution < 1.29 is 26.3 Å². The van der Waals surface area contributed by atoms with Crippen molar-refractivity contribution in [2.75, 3.05) is 0 Å². The van der Waals surface area contributed by atoms with Gasteiger partial charge in [0.25, 0.3) is 12.3 Å². The number of rotatable bonds is 6. The lowest BCUT2D eigenvalue weighted by molar-refractivity contribution is -0.0452. The second-order valence-corrected chi connectivity index (χ2v) is 6.82. The number of tetrazole rings is 1. The molecule has 0 bridgehead atoms. The van der Waals surface area contributed by atoms with Crippen LogP contribution in [0.5, 0.6) is 0 Å². The van der Waals surface area contributed by atoms with E-state index in [-0.39, 0.29) is 16.5 Å². The highest BCUT2D eigenvalue weighted by atomic mass is 19.3. The van der Waals surface area contributed by atoms with E-state index in [0.717, 1.165) is 41.3 Å². The molecule has 4 aromatic rings. The minimum atomic E-state index is -3.74. The van der Waals surface area contributed by atoms with Crippen molar-refractivity contribution >= 4 is 10.9 Å². The highest BCUT2D eigenvalue weighted by Crippen LogP contribution is 2.43. The molecule has 0 fully saturated rings. The second-order valence-electron chi connectivity index (χ2n) is 6.82. The van der Waals surface area contributed by atoms with Gasteiger partial charge >= 0.3 is 0 Å². The fraction of sp³-hybridized carbons (Fsp3) is 0.200. The lowest BCUT2D eigenvalue weighted by Crippen LogP contribution is -2.30. The molecule has 1 atom stereocenters. The summed E-state index contributed by atoms with van der Waals surface area (Å²) in [5.41, 5.74) is -1.34. The van der Waals surface area contributed by atoms with E-state index in [1.54, 1.807) is 0 Å². The molecule has 0 spiro atoms. The van der Waals surface area contributed by atoms with E-state index in [1.165, 1.54) is 12.1 Å². The van der Waals surface area contributed by atoms with Crippen LogP contribution in [0.1, 0.15) is 29.2 Å². The number of nitrogens with zero attached hydrogens (tertiary/aromatic N) is 5. The van der Waals surface area contributed by atoms with Gasteiger partial charge in [0.1, 0.15) is 23.7 Å². The first-order valence-corrected chi connectivity index (χ1v) is 8.98. The molecule has 0 N–H and O–H groups in total. The van der Waals surface area contributed by atoms with Crippen LogP contribution >= 0.6 is 0 Å². The van der Waals surface area contributed by atoms with Gasteiger partial charge in [-0.3, -0.25) is 0 Å². The monoisotopic (exact) mass is 437 g/mol. The molecule has 5 nitrogen and oxygen atoms in total. The molecule has 2 aromatic carbocycles. The van der Waals surface area contributed by atoms with Gasteiger partial charge in [0.15, 0.2) is 0 Å². The molecule has 11 heteroatoms. The van der Waals surface area contributed by atoms with Gasteiger partial charge in [0.2, 0.25) is 0 Å². The van der Waals surface area contributed by atoms with Gasteiger partial charge in [0, 0.05) is 17.0 Å². The summed E-state index contributed by atoms with van der Waals surface area (Å²) in [7, 11) is 0. The van der Waals surface area contributed by atoms with Gasteiger partial charge in [-0.1, -0.05) is 18.2 Å². The van der Waals surface area contributed by atoms with Crippen LogP contribution in [0.2, 0.25) is 0 Å². The Hall–Kier alpha value is -3.50. The topological polar surface area (TPSA) is 56.5 Å². The first kappa shape index (κ1) is 20.8. The summed E-state index contributed by atoms with van der Waals surface area (Å²) in [5, 5.41) is 10.6. The number of benzene rings is 2. The van der Waals surface area contributed by atoms with Gasteiger partial charge in [-0.2, -0.15) is 8.78 Å². The van der Waals surface area contributed by atoms with Crippen molar-refractivity contribution in [3.05, 3.63) is 83.3 Å². The zero-order valence-corrected chi connectivity index (χ0v) is 15.6. The minimum absolute atomic E-state index is 0.0716. The largest absolute Gasteiger partial charge is 0.298 e. The van der Waals surface area contributed by atoms with Crippen molar-refractivity contribution in [1.82, 2.24) is 25.2 Å². The predicted molar refractivity (Wildman–Crippen MR) is 97.5 cm³/mol. The molecule has 2 heterocycles. The Balaban J connectivity index is 1.79. The number of fused-ring (bicyclic) bond motifs is 1. The van der Waals surface area contributed by atoms with Crippen molar-refractivity contribution in [2.45, 2.75) is 24.8 Å². The number of aromatic nitrogens is 5. The Morgan fingerprint density at radius 2 is 1.77 bits per heavy atom. The van der Waals surface area contributed by atoms with E-state index >= 15 is 8.78 Å². The summed E-state index contributed by atoms with van der Waals surface area (Å²) < 4.78 is 85.7. The van der Waals surface area contributed by atoms with Gasteiger partial charge < -0.3 is 0 Å². The second kappa shape index (κ2) is 7.97. The van der Waals surface area contributed by atoms with Crippen LogP contribution in [-0.2, 0) is 12.5 Å². The van der Waals surface area contributed by atoms with Crippen LogP contribution in [0, 0.1) is 11.6 Å². The van der Waals surface area contributed by atoms with E-state index < -0.39 is 47.7 Å². The van der Waals surface area contributed by atoms with Gasteiger partial charge in [-0.25, -0.2) is 27.2 Å². The smallest absolute Gasteiger partial charge is 0.246 e. The van der Waals surface area contributed by atoms with Crippen LogP contribution < -0.4 is 0 Å². The highest BCUT2D eigenvalue weighted by Gasteiger charge is 2.45. The van der Waals surface area contributed by atoms with E-state index in [2.05, 4.69) is 20.5 Å². The van der Waals surface area contributed by atoms with Gasteiger partial charge in [-0.15, -0.1) is 5.10 Å². The van der Waals surface area contributed by atoms with E-state index in [1.807, 2.05) is 0 Å². The normalized spacial score (nSPS) is 13.1.